The third kappa shape index (κ3) is 6.23. The average molecular weight is 285 g/mol. The van der Waals surface area contributed by atoms with Gasteiger partial charge < -0.3 is 21.1 Å². The Morgan fingerprint density at radius 2 is 1.85 bits per heavy atom. The molecular formula is C14H27N3O3. The van der Waals surface area contributed by atoms with Crippen LogP contribution in [-0.4, -0.2) is 42.3 Å². The van der Waals surface area contributed by atoms with E-state index in [4.69, 9.17) is 5.11 Å². The second kappa shape index (κ2) is 8.79. The van der Waals surface area contributed by atoms with Crippen molar-refractivity contribution >= 4 is 12.0 Å². The second-order valence-electron chi connectivity index (χ2n) is 5.50. The van der Waals surface area contributed by atoms with Crippen molar-refractivity contribution in [2.75, 3.05) is 19.6 Å². The van der Waals surface area contributed by atoms with Crippen LogP contribution >= 0.6 is 0 Å². The van der Waals surface area contributed by atoms with Crippen molar-refractivity contribution in [1.82, 2.24) is 16.0 Å². The van der Waals surface area contributed by atoms with E-state index in [1.807, 2.05) is 6.92 Å². The first-order valence-corrected chi connectivity index (χ1v) is 7.56. The summed E-state index contributed by atoms with van der Waals surface area (Å²) in [6.45, 7) is 4.44. The number of nitrogens with one attached hydrogen (secondary N) is 3. The fourth-order valence-corrected chi connectivity index (χ4v) is 2.74. The van der Waals surface area contributed by atoms with Gasteiger partial charge >= 0.3 is 12.0 Å². The van der Waals surface area contributed by atoms with Crippen LogP contribution in [0.2, 0.25) is 0 Å². The van der Waals surface area contributed by atoms with E-state index in [2.05, 4.69) is 16.0 Å². The van der Waals surface area contributed by atoms with Gasteiger partial charge in [0.05, 0.1) is 12.0 Å². The summed E-state index contributed by atoms with van der Waals surface area (Å²) in [5.41, 5.74) is -0.560. The number of aliphatic carboxylic acids is 1. The minimum absolute atomic E-state index is 0.0117. The van der Waals surface area contributed by atoms with Gasteiger partial charge in [-0.05, 0) is 32.4 Å². The molecule has 0 bridgehead atoms. The van der Waals surface area contributed by atoms with Gasteiger partial charge in [-0.15, -0.1) is 0 Å². The van der Waals surface area contributed by atoms with E-state index in [-0.39, 0.29) is 12.5 Å². The first-order valence-electron chi connectivity index (χ1n) is 7.56. The van der Waals surface area contributed by atoms with E-state index in [0.29, 0.717) is 6.54 Å². The van der Waals surface area contributed by atoms with Crippen molar-refractivity contribution in [2.45, 2.75) is 57.4 Å². The van der Waals surface area contributed by atoms with Gasteiger partial charge in [-0.1, -0.05) is 26.2 Å². The molecule has 1 aliphatic rings. The number of carboxylic acid groups (broad SMARTS) is 1. The molecule has 0 saturated heterocycles. The van der Waals surface area contributed by atoms with Crippen LogP contribution in [0.4, 0.5) is 4.79 Å². The Morgan fingerprint density at radius 3 is 2.45 bits per heavy atom. The van der Waals surface area contributed by atoms with E-state index in [1.165, 1.54) is 0 Å². The van der Waals surface area contributed by atoms with Gasteiger partial charge in [-0.25, -0.2) is 4.79 Å². The van der Waals surface area contributed by atoms with Gasteiger partial charge in [0.2, 0.25) is 0 Å². The fourth-order valence-electron chi connectivity index (χ4n) is 2.74. The van der Waals surface area contributed by atoms with Gasteiger partial charge in [-0.3, -0.25) is 4.79 Å². The number of carbonyl (C=O) groups is 2. The number of hydrogen-bond acceptors (Lipinski definition) is 3. The number of urea groups is 1. The molecule has 1 aliphatic carbocycles. The molecule has 4 N–H and O–H groups in total. The van der Waals surface area contributed by atoms with Crippen LogP contribution in [0.3, 0.4) is 0 Å². The van der Waals surface area contributed by atoms with E-state index in [1.54, 1.807) is 0 Å². The Kier molecular flexibility index (Phi) is 7.36. The number of rotatable bonds is 8. The molecule has 6 heteroatoms. The van der Waals surface area contributed by atoms with Crippen molar-refractivity contribution in [3.05, 3.63) is 0 Å². The SMILES string of the molecule is CCNCCCNC(=O)NC1(CC(=O)O)CCCCC1. The van der Waals surface area contributed by atoms with Crippen LogP contribution in [0.5, 0.6) is 0 Å². The minimum atomic E-state index is -0.848. The molecule has 1 saturated carbocycles. The largest absolute Gasteiger partial charge is 0.481 e. The predicted octanol–water partition coefficient (Wildman–Crippen LogP) is 1.46. The summed E-state index contributed by atoms with van der Waals surface area (Å²) in [6.07, 6.45) is 5.47. The molecule has 0 aromatic heterocycles. The third-order valence-electron chi connectivity index (χ3n) is 3.74. The molecule has 0 aromatic rings. The van der Waals surface area contributed by atoms with E-state index < -0.39 is 11.5 Å². The van der Waals surface area contributed by atoms with Crippen molar-refractivity contribution in [3.8, 4) is 0 Å². The Balaban J connectivity index is 2.36. The molecule has 116 valence electrons. The highest BCUT2D eigenvalue weighted by Gasteiger charge is 2.35. The molecule has 0 radical (unpaired) electrons. The average Bonchev–Trinajstić information content (AvgIpc) is 2.38. The maximum absolute atomic E-state index is 11.9. The lowest BCUT2D eigenvalue weighted by atomic mass is 9.79. The lowest BCUT2D eigenvalue weighted by Crippen LogP contribution is -2.54. The molecule has 0 unspecified atom stereocenters. The summed E-state index contributed by atoms with van der Waals surface area (Å²) in [7, 11) is 0. The molecule has 0 aliphatic heterocycles. The van der Waals surface area contributed by atoms with Crippen molar-refractivity contribution in [2.24, 2.45) is 0 Å². The summed E-state index contributed by atoms with van der Waals surface area (Å²) in [6, 6.07) is -0.246. The van der Waals surface area contributed by atoms with Crippen LogP contribution in [0.15, 0.2) is 0 Å². The smallest absolute Gasteiger partial charge is 0.315 e. The summed E-state index contributed by atoms with van der Waals surface area (Å²) >= 11 is 0. The standard InChI is InChI=1S/C14H27N3O3/c1-2-15-9-6-10-16-13(20)17-14(11-12(18)19)7-4-3-5-8-14/h15H,2-11H2,1H3,(H,18,19)(H2,16,17,20). The molecule has 0 heterocycles. The van der Waals surface area contributed by atoms with Crippen LogP contribution < -0.4 is 16.0 Å². The number of carbonyl (C=O) groups excluding carboxylic acids is 1. The molecule has 1 fully saturated rings. The maximum Gasteiger partial charge on any atom is 0.315 e. The van der Waals surface area contributed by atoms with Gasteiger partial charge in [-0.2, -0.15) is 0 Å². The highest BCUT2D eigenvalue weighted by Crippen LogP contribution is 2.31. The van der Waals surface area contributed by atoms with Gasteiger partial charge in [0.1, 0.15) is 0 Å². The molecule has 0 spiro atoms. The quantitative estimate of drug-likeness (QED) is 0.508. The summed E-state index contributed by atoms with van der Waals surface area (Å²) < 4.78 is 0. The topological polar surface area (TPSA) is 90.5 Å². The van der Waals surface area contributed by atoms with Crippen LogP contribution in [-0.2, 0) is 4.79 Å². The lowest BCUT2D eigenvalue weighted by Gasteiger charge is -2.36. The second-order valence-corrected chi connectivity index (χ2v) is 5.50. The highest BCUT2D eigenvalue weighted by molar-refractivity contribution is 5.76. The molecule has 0 aromatic carbocycles. The molecular weight excluding hydrogens is 258 g/mol. The zero-order chi connectivity index (χ0) is 14.8. The summed E-state index contributed by atoms with van der Waals surface area (Å²) in [5.74, 6) is -0.848. The summed E-state index contributed by atoms with van der Waals surface area (Å²) in [5, 5.41) is 17.9. The van der Waals surface area contributed by atoms with Gasteiger partial charge in [0, 0.05) is 6.54 Å². The number of hydrogen-bond donors (Lipinski definition) is 4. The van der Waals surface area contributed by atoms with Crippen molar-refractivity contribution in [1.29, 1.82) is 0 Å². The normalized spacial score (nSPS) is 17.4. The first-order chi connectivity index (χ1) is 9.58. The number of amides is 2. The Bertz CT molecular complexity index is 315. The zero-order valence-corrected chi connectivity index (χ0v) is 12.3. The molecule has 20 heavy (non-hydrogen) atoms. The molecule has 2 amide bonds. The summed E-state index contributed by atoms with van der Waals surface area (Å²) in [4.78, 5) is 22.9. The molecule has 6 nitrogen and oxygen atoms in total. The Hall–Kier alpha value is -1.30. The molecule has 0 atom stereocenters. The lowest BCUT2D eigenvalue weighted by molar-refractivity contribution is -0.139. The van der Waals surface area contributed by atoms with Crippen LogP contribution in [0, 0.1) is 0 Å². The van der Waals surface area contributed by atoms with Crippen LogP contribution in [0.25, 0.3) is 0 Å². The Labute approximate surface area is 120 Å². The highest BCUT2D eigenvalue weighted by atomic mass is 16.4. The minimum Gasteiger partial charge on any atom is -0.481 e. The van der Waals surface area contributed by atoms with Gasteiger partial charge in [0.15, 0.2) is 0 Å². The van der Waals surface area contributed by atoms with Gasteiger partial charge in [0.25, 0.3) is 0 Å². The van der Waals surface area contributed by atoms with Crippen LogP contribution in [0.1, 0.15) is 51.9 Å². The van der Waals surface area contributed by atoms with E-state index in [9.17, 15) is 9.59 Å². The fraction of sp³-hybridized carbons (Fsp3) is 0.857. The predicted molar refractivity (Wildman–Crippen MR) is 77.8 cm³/mol. The van der Waals surface area contributed by atoms with Crippen molar-refractivity contribution < 1.29 is 14.7 Å². The maximum atomic E-state index is 11.9. The molecule has 1 rings (SSSR count). The van der Waals surface area contributed by atoms with E-state index in [0.717, 1.165) is 51.6 Å². The third-order valence-corrected chi connectivity index (χ3v) is 3.74. The monoisotopic (exact) mass is 285 g/mol. The zero-order valence-electron chi connectivity index (χ0n) is 12.3. The van der Waals surface area contributed by atoms with Crippen molar-refractivity contribution in [3.63, 3.8) is 0 Å². The number of carboxylic acids is 1. The van der Waals surface area contributed by atoms with E-state index >= 15 is 0 Å². The first kappa shape index (κ1) is 16.8. The Morgan fingerprint density at radius 1 is 1.15 bits per heavy atom.